The second-order valence-corrected chi connectivity index (χ2v) is 13.0. The Morgan fingerprint density at radius 2 is 1.60 bits per heavy atom. The van der Waals surface area contributed by atoms with Crippen LogP contribution >= 0.6 is 15.9 Å². The molecule has 0 spiro atoms. The predicted molar refractivity (Wildman–Crippen MR) is 172 cm³/mol. The van der Waals surface area contributed by atoms with Gasteiger partial charge < -0.3 is 19.7 Å². The Kier molecular flexibility index (Phi) is 9.55. The van der Waals surface area contributed by atoms with Crippen molar-refractivity contribution in [1.82, 2.24) is 9.80 Å². The van der Waals surface area contributed by atoms with Gasteiger partial charge in [0.1, 0.15) is 0 Å². The number of pyridine rings is 1. The number of hydrogen-bond acceptors (Lipinski definition) is 5. The quantitative estimate of drug-likeness (QED) is 0.225. The number of nitrogens with zero attached hydrogens (tertiary/aromatic N) is 4. The van der Waals surface area contributed by atoms with Crippen molar-refractivity contribution < 1.29 is 14.3 Å². The number of piperidine rings is 2. The third-order valence-electron chi connectivity index (χ3n) is 9.37. The zero-order chi connectivity index (χ0) is 29.9. The summed E-state index contributed by atoms with van der Waals surface area (Å²) in [6.45, 7) is 11.7. The van der Waals surface area contributed by atoms with Gasteiger partial charge in [-0.15, -0.1) is 0 Å². The lowest BCUT2D eigenvalue weighted by Gasteiger charge is -2.50. The Morgan fingerprint density at radius 3 is 2.17 bits per heavy atom. The van der Waals surface area contributed by atoms with E-state index in [1.807, 2.05) is 30.9 Å². The summed E-state index contributed by atoms with van der Waals surface area (Å²) in [7, 11) is 1.77. The molecule has 224 valence electrons. The maximum absolute atomic E-state index is 13.7. The van der Waals surface area contributed by atoms with E-state index >= 15 is 0 Å². The molecular formula is C34H43BrN4O3. The van der Waals surface area contributed by atoms with Crippen LogP contribution in [0.4, 0.5) is 5.69 Å². The van der Waals surface area contributed by atoms with Crippen molar-refractivity contribution in [2.75, 3.05) is 51.3 Å². The third kappa shape index (κ3) is 6.66. The summed E-state index contributed by atoms with van der Waals surface area (Å²) in [4.78, 5) is 21.0. The van der Waals surface area contributed by atoms with Crippen molar-refractivity contribution in [2.24, 2.45) is 0 Å². The Labute approximate surface area is 258 Å². The molecule has 2 aliphatic heterocycles. The largest absolute Gasteiger partial charge is 0.619 e. The number of hydrogen-bond donors (Lipinski definition) is 0. The number of amides is 1. The number of benzene rings is 2. The van der Waals surface area contributed by atoms with Crippen molar-refractivity contribution >= 4 is 27.5 Å². The summed E-state index contributed by atoms with van der Waals surface area (Å²) in [5.74, 6) is 0.131. The van der Waals surface area contributed by atoms with Crippen LogP contribution in [0.25, 0.3) is 11.1 Å². The number of rotatable bonds is 8. The van der Waals surface area contributed by atoms with Gasteiger partial charge in [-0.25, -0.2) is 0 Å². The molecule has 0 saturated carbocycles. The summed E-state index contributed by atoms with van der Waals surface area (Å²) in [5.41, 5.74) is 6.13. The van der Waals surface area contributed by atoms with Crippen molar-refractivity contribution in [3.05, 3.63) is 87.3 Å². The fourth-order valence-corrected chi connectivity index (χ4v) is 7.07. The molecular weight excluding hydrogens is 592 g/mol. The first-order chi connectivity index (χ1) is 20.2. The summed E-state index contributed by atoms with van der Waals surface area (Å²) >= 11 is 3.56. The molecule has 0 N–H and O–H groups in total. The molecule has 1 aromatic heterocycles. The minimum Gasteiger partial charge on any atom is -0.619 e. The van der Waals surface area contributed by atoms with Gasteiger partial charge in [-0.05, 0) is 93.0 Å². The average molecular weight is 636 g/mol. The van der Waals surface area contributed by atoms with Crippen LogP contribution < -0.4 is 9.63 Å². The zero-order valence-electron chi connectivity index (χ0n) is 25.3. The molecule has 5 rings (SSSR count). The number of methoxy groups -OCH3 is 1. The van der Waals surface area contributed by atoms with E-state index in [2.05, 4.69) is 69.1 Å². The van der Waals surface area contributed by atoms with Crippen molar-refractivity contribution in [1.29, 1.82) is 0 Å². The molecule has 0 radical (unpaired) electrons. The van der Waals surface area contributed by atoms with Gasteiger partial charge in [-0.1, -0.05) is 28.1 Å². The topological polar surface area (TPSA) is 63.0 Å². The summed E-state index contributed by atoms with van der Waals surface area (Å²) in [5, 5.41) is 11.4. The minimum atomic E-state index is 0.108. The first-order valence-electron chi connectivity index (χ1n) is 15.0. The molecule has 0 atom stereocenters. The van der Waals surface area contributed by atoms with Crippen LogP contribution in [-0.2, 0) is 4.74 Å². The lowest BCUT2D eigenvalue weighted by Crippen LogP contribution is -2.58. The SMILES string of the molecule is COCCN(c1ccc(Br)cc1)C1CCN(C2(C)CCN(C(=O)c3c(C)cc(-c4cc[n+]([O-])cc4)cc3C)CC2)CC1. The van der Waals surface area contributed by atoms with Gasteiger partial charge in [0, 0.05) is 79.3 Å². The Balaban J connectivity index is 1.20. The number of halogens is 1. The fraction of sp³-hybridized carbons (Fsp3) is 0.471. The maximum atomic E-state index is 13.7. The average Bonchev–Trinajstić information content (AvgIpc) is 2.99. The first-order valence-corrected chi connectivity index (χ1v) is 15.8. The van der Waals surface area contributed by atoms with E-state index in [0.29, 0.717) is 12.6 Å². The van der Waals surface area contributed by atoms with Crippen LogP contribution in [-0.4, -0.2) is 73.7 Å². The Morgan fingerprint density at radius 1 is 1.00 bits per heavy atom. The first kappa shape index (κ1) is 30.5. The smallest absolute Gasteiger partial charge is 0.254 e. The molecule has 42 heavy (non-hydrogen) atoms. The van der Waals surface area contributed by atoms with Gasteiger partial charge >= 0.3 is 0 Å². The molecule has 0 bridgehead atoms. The zero-order valence-corrected chi connectivity index (χ0v) is 26.9. The normalized spacial score (nSPS) is 17.8. The molecule has 0 aliphatic carbocycles. The molecule has 3 heterocycles. The molecule has 3 aromatic rings. The molecule has 8 heteroatoms. The van der Waals surface area contributed by atoms with E-state index in [0.717, 1.165) is 95.4 Å². The lowest BCUT2D eigenvalue weighted by molar-refractivity contribution is -0.605. The number of aryl methyl sites for hydroxylation is 2. The second-order valence-electron chi connectivity index (χ2n) is 12.1. The van der Waals surface area contributed by atoms with Crippen LogP contribution in [0.5, 0.6) is 0 Å². The number of aromatic nitrogens is 1. The minimum absolute atomic E-state index is 0.108. The summed E-state index contributed by atoms with van der Waals surface area (Å²) in [6, 6.07) is 16.9. The van der Waals surface area contributed by atoms with Gasteiger partial charge in [0.25, 0.3) is 5.91 Å². The highest BCUT2D eigenvalue weighted by Crippen LogP contribution is 2.34. The third-order valence-corrected chi connectivity index (χ3v) is 9.90. The predicted octanol–water partition coefficient (Wildman–Crippen LogP) is 5.98. The molecule has 1 amide bonds. The van der Waals surface area contributed by atoms with Gasteiger partial charge in [0.05, 0.1) is 6.61 Å². The summed E-state index contributed by atoms with van der Waals surface area (Å²) < 4.78 is 7.33. The van der Waals surface area contributed by atoms with Gasteiger partial charge in [-0.3, -0.25) is 9.69 Å². The molecule has 2 saturated heterocycles. The fourth-order valence-electron chi connectivity index (χ4n) is 6.80. The summed E-state index contributed by atoms with van der Waals surface area (Å²) in [6.07, 6.45) is 7.23. The van der Waals surface area contributed by atoms with E-state index in [1.54, 1.807) is 7.11 Å². The molecule has 2 aromatic carbocycles. The number of likely N-dealkylation sites (tertiary alicyclic amines) is 2. The highest BCUT2D eigenvalue weighted by atomic mass is 79.9. The van der Waals surface area contributed by atoms with Crippen LogP contribution in [0.2, 0.25) is 0 Å². The van der Waals surface area contributed by atoms with Crippen LogP contribution in [0.1, 0.15) is 54.1 Å². The van der Waals surface area contributed by atoms with Gasteiger partial charge in [-0.2, -0.15) is 4.73 Å². The Bertz CT molecular complexity index is 1340. The van der Waals surface area contributed by atoms with Crippen LogP contribution in [0, 0.1) is 19.1 Å². The molecule has 2 aliphatic rings. The number of ether oxygens (including phenoxy) is 1. The Hall–Kier alpha value is -2.94. The lowest BCUT2D eigenvalue weighted by atomic mass is 9.84. The van der Waals surface area contributed by atoms with Crippen LogP contribution in [0.3, 0.4) is 0 Å². The highest BCUT2D eigenvalue weighted by Gasteiger charge is 2.39. The van der Waals surface area contributed by atoms with Crippen molar-refractivity contribution in [3.8, 4) is 11.1 Å². The van der Waals surface area contributed by atoms with Crippen LogP contribution in [0.15, 0.2) is 65.4 Å². The maximum Gasteiger partial charge on any atom is 0.254 e. The van der Waals surface area contributed by atoms with E-state index in [4.69, 9.17) is 4.74 Å². The number of carbonyl (C=O) groups is 1. The number of carbonyl (C=O) groups excluding carboxylic acids is 1. The molecule has 2 fully saturated rings. The number of anilines is 1. The van der Waals surface area contributed by atoms with E-state index < -0.39 is 0 Å². The van der Waals surface area contributed by atoms with E-state index in [9.17, 15) is 10.0 Å². The van der Waals surface area contributed by atoms with E-state index in [1.165, 1.54) is 18.1 Å². The van der Waals surface area contributed by atoms with Gasteiger partial charge in [0.15, 0.2) is 12.4 Å². The second kappa shape index (κ2) is 13.1. The monoisotopic (exact) mass is 634 g/mol. The van der Waals surface area contributed by atoms with E-state index in [-0.39, 0.29) is 11.4 Å². The van der Waals surface area contributed by atoms with Gasteiger partial charge in [0.2, 0.25) is 0 Å². The standard InChI is InChI=1S/C34H43BrN4O3/c1-25-23-28(27-9-17-38(41)18-10-27)24-26(2)32(25)33(40)36-19-13-34(3,14-20-36)37-15-11-31(12-16-37)39(21-22-42-4)30-7-5-29(35)6-8-30/h5-10,17-18,23-24,31H,11-16,19-22H2,1-4H3. The molecule has 7 nitrogen and oxygen atoms in total. The molecule has 0 unspecified atom stereocenters. The van der Waals surface area contributed by atoms with Crippen molar-refractivity contribution in [3.63, 3.8) is 0 Å². The highest BCUT2D eigenvalue weighted by molar-refractivity contribution is 9.10. The van der Waals surface area contributed by atoms with Crippen molar-refractivity contribution in [2.45, 2.75) is 58.0 Å².